The summed E-state index contributed by atoms with van der Waals surface area (Å²) in [5.74, 6) is 0.655. The fourth-order valence-corrected chi connectivity index (χ4v) is 1.50. The summed E-state index contributed by atoms with van der Waals surface area (Å²) in [7, 11) is 0. The Morgan fingerprint density at radius 2 is 2.53 bits per heavy atom. The number of nitrogens with zero attached hydrogens (tertiary/aromatic N) is 3. The van der Waals surface area contributed by atoms with Gasteiger partial charge in [-0.2, -0.15) is 8.75 Å². The quantitative estimate of drug-likeness (QED) is 0.777. The first-order chi connectivity index (χ1) is 7.36. The van der Waals surface area contributed by atoms with Gasteiger partial charge in [0.2, 0.25) is 0 Å². The molecule has 0 saturated carbocycles. The topological polar surface area (TPSA) is 83.6 Å². The van der Waals surface area contributed by atoms with Crippen LogP contribution in [0.5, 0.6) is 0 Å². The zero-order valence-corrected chi connectivity index (χ0v) is 8.62. The van der Waals surface area contributed by atoms with Crippen molar-refractivity contribution in [1.82, 2.24) is 24.0 Å². The van der Waals surface area contributed by atoms with E-state index < -0.39 is 0 Å². The summed E-state index contributed by atoms with van der Waals surface area (Å²) in [6, 6.07) is 0. The third kappa shape index (κ3) is 2.59. The normalized spacial score (nSPS) is 10.1. The van der Waals surface area contributed by atoms with E-state index >= 15 is 0 Å². The van der Waals surface area contributed by atoms with Gasteiger partial charge in [-0.15, -0.1) is 0 Å². The maximum absolute atomic E-state index is 11.4. The van der Waals surface area contributed by atoms with E-state index in [0.717, 1.165) is 17.6 Å². The number of hydrogen-bond donors (Lipinski definition) is 2. The first-order valence-corrected chi connectivity index (χ1v) is 5.13. The molecule has 0 bridgehead atoms. The van der Waals surface area contributed by atoms with E-state index in [1.807, 2.05) is 0 Å². The van der Waals surface area contributed by atoms with Crippen LogP contribution in [-0.4, -0.2) is 31.2 Å². The van der Waals surface area contributed by atoms with Crippen molar-refractivity contribution in [2.45, 2.75) is 6.42 Å². The Bertz CT molecular complexity index is 410. The number of amides is 1. The van der Waals surface area contributed by atoms with Crippen LogP contribution in [0.15, 0.2) is 18.6 Å². The molecule has 2 aromatic heterocycles. The van der Waals surface area contributed by atoms with Gasteiger partial charge in [0.1, 0.15) is 5.82 Å². The Kier molecular flexibility index (Phi) is 3.03. The van der Waals surface area contributed by atoms with E-state index in [0.29, 0.717) is 18.7 Å². The van der Waals surface area contributed by atoms with Gasteiger partial charge in [-0.25, -0.2) is 4.98 Å². The zero-order valence-electron chi connectivity index (χ0n) is 7.80. The molecule has 0 unspecified atom stereocenters. The lowest BCUT2D eigenvalue weighted by Gasteiger charge is -2.00. The first kappa shape index (κ1) is 9.78. The van der Waals surface area contributed by atoms with Gasteiger partial charge in [0.25, 0.3) is 5.91 Å². The van der Waals surface area contributed by atoms with Crippen molar-refractivity contribution in [2.24, 2.45) is 0 Å². The molecular formula is C8H9N5OS. The van der Waals surface area contributed by atoms with Crippen LogP contribution in [0.1, 0.15) is 16.3 Å². The molecule has 6 nitrogen and oxygen atoms in total. The molecule has 0 aliphatic heterocycles. The van der Waals surface area contributed by atoms with E-state index in [1.165, 1.54) is 6.20 Å². The predicted octanol–water partition coefficient (Wildman–Crippen LogP) is 0.234. The molecule has 78 valence electrons. The SMILES string of the molecule is O=C(NCCc1ncc[nH]1)c1cnsn1. The number of rotatable bonds is 4. The number of aromatic amines is 1. The number of carbonyl (C=O) groups excluding carboxylic acids is 1. The standard InChI is InChI=1S/C8H9N5OS/c14-8(6-5-12-15-13-6)11-2-1-7-9-3-4-10-7/h3-5H,1-2H2,(H,9,10)(H,11,14). The molecular weight excluding hydrogens is 214 g/mol. The minimum absolute atomic E-state index is 0.199. The van der Waals surface area contributed by atoms with Gasteiger partial charge in [-0.3, -0.25) is 4.79 Å². The lowest BCUT2D eigenvalue weighted by molar-refractivity contribution is 0.0950. The Balaban J connectivity index is 1.77. The molecule has 0 atom stereocenters. The van der Waals surface area contributed by atoms with Gasteiger partial charge >= 0.3 is 0 Å². The summed E-state index contributed by atoms with van der Waals surface area (Å²) in [6.45, 7) is 0.532. The van der Waals surface area contributed by atoms with Crippen LogP contribution in [0.25, 0.3) is 0 Å². The van der Waals surface area contributed by atoms with Crippen molar-refractivity contribution >= 4 is 17.6 Å². The summed E-state index contributed by atoms with van der Waals surface area (Å²) in [5.41, 5.74) is 0.361. The van der Waals surface area contributed by atoms with E-state index in [-0.39, 0.29) is 5.91 Å². The highest BCUT2D eigenvalue weighted by atomic mass is 32.1. The zero-order chi connectivity index (χ0) is 10.5. The molecule has 7 heteroatoms. The van der Waals surface area contributed by atoms with Gasteiger partial charge in [0.05, 0.1) is 17.9 Å². The Hall–Kier alpha value is -1.76. The largest absolute Gasteiger partial charge is 0.350 e. The molecule has 1 amide bonds. The Morgan fingerprint density at radius 3 is 3.20 bits per heavy atom. The second kappa shape index (κ2) is 4.65. The minimum Gasteiger partial charge on any atom is -0.350 e. The fourth-order valence-electron chi connectivity index (χ4n) is 1.08. The highest BCUT2D eigenvalue weighted by Gasteiger charge is 2.07. The molecule has 0 spiro atoms. The van der Waals surface area contributed by atoms with Gasteiger partial charge in [0, 0.05) is 25.4 Å². The number of aromatic nitrogens is 4. The average molecular weight is 223 g/mol. The van der Waals surface area contributed by atoms with Crippen molar-refractivity contribution in [2.75, 3.05) is 6.54 Å². The maximum atomic E-state index is 11.4. The van der Waals surface area contributed by atoms with Crippen LogP contribution in [0.3, 0.4) is 0 Å². The van der Waals surface area contributed by atoms with Crippen molar-refractivity contribution in [3.63, 3.8) is 0 Å². The van der Waals surface area contributed by atoms with Crippen LogP contribution >= 0.6 is 11.7 Å². The number of hydrogen-bond acceptors (Lipinski definition) is 5. The number of imidazole rings is 1. The highest BCUT2D eigenvalue weighted by Crippen LogP contribution is 1.94. The van der Waals surface area contributed by atoms with Gasteiger partial charge in [-0.05, 0) is 0 Å². The predicted molar refractivity (Wildman–Crippen MR) is 54.5 cm³/mol. The molecule has 15 heavy (non-hydrogen) atoms. The van der Waals surface area contributed by atoms with Crippen LogP contribution in [-0.2, 0) is 6.42 Å². The van der Waals surface area contributed by atoms with Gasteiger partial charge in [0.15, 0.2) is 5.69 Å². The van der Waals surface area contributed by atoms with Crippen molar-refractivity contribution in [3.8, 4) is 0 Å². The van der Waals surface area contributed by atoms with E-state index in [2.05, 4.69) is 24.0 Å². The monoisotopic (exact) mass is 223 g/mol. The molecule has 0 aliphatic rings. The smallest absolute Gasteiger partial charge is 0.272 e. The third-order valence-electron chi connectivity index (χ3n) is 1.80. The fraction of sp³-hybridized carbons (Fsp3) is 0.250. The molecule has 0 aromatic carbocycles. The molecule has 2 heterocycles. The van der Waals surface area contributed by atoms with Crippen LogP contribution in [0.2, 0.25) is 0 Å². The summed E-state index contributed by atoms with van der Waals surface area (Å²) in [6.07, 6.45) is 5.56. The molecule has 0 aliphatic carbocycles. The lowest BCUT2D eigenvalue weighted by Crippen LogP contribution is -2.26. The summed E-state index contributed by atoms with van der Waals surface area (Å²) < 4.78 is 7.58. The first-order valence-electron chi connectivity index (χ1n) is 4.40. The molecule has 2 N–H and O–H groups in total. The Morgan fingerprint density at radius 1 is 1.60 bits per heavy atom. The maximum Gasteiger partial charge on any atom is 0.272 e. The van der Waals surface area contributed by atoms with Crippen LogP contribution in [0.4, 0.5) is 0 Å². The average Bonchev–Trinajstić information content (AvgIpc) is 2.90. The van der Waals surface area contributed by atoms with Gasteiger partial charge < -0.3 is 10.3 Å². The highest BCUT2D eigenvalue weighted by molar-refractivity contribution is 6.99. The van der Waals surface area contributed by atoms with Crippen LogP contribution < -0.4 is 5.32 Å². The second-order valence-corrected chi connectivity index (χ2v) is 3.39. The number of H-pyrrole nitrogens is 1. The Labute approximate surface area is 90.1 Å². The number of carbonyl (C=O) groups is 1. The summed E-state index contributed by atoms with van der Waals surface area (Å²) in [4.78, 5) is 18.4. The molecule has 0 saturated heterocycles. The lowest BCUT2D eigenvalue weighted by atomic mass is 10.4. The van der Waals surface area contributed by atoms with Gasteiger partial charge in [-0.1, -0.05) is 0 Å². The molecule has 2 aromatic rings. The third-order valence-corrected chi connectivity index (χ3v) is 2.27. The van der Waals surface area contributed by atoms with Crippen molar-refractivity contribution in [3.05, 3.63) is 30.1 Å². The van der Waals surface area contributed by atoms with Crippen molar-refractivity contribution in [1.29, 1.82) is 0 Å². The minimum atomic E-state index is -0.199. The number of nitrogens with one attached hydrogen (secondary N) is 2. The van der Waals surface area contributed by atoms with E-state index in [9.17, 15) is 4.79 Å². The summed E-state index contributed by atoms with van der Waals surface area (Å²) >= 11 is 1.02. The van der Waals surface area contributed by atoms with Crippen LogP contribution in [0, 0.1) is 0 Å². The molecule has 2 rings (SSSR count). The summed E-state index contributed by atoms with van der Waals surface area (Å²) in [5, 5.41) is 2.73. The molecule has 0 fully saturated rings. The molecule has 0 radical (unpaired) electrons. The second-order valence-electron chi connectivity index (χ2n) is 2.83. The van der Waals surface area contributed by atoms with Crippen molar-refractivity contribution < 1.29 is 4.79 Å². The van der Waals surface area contributed by atoms with E-state index in [4.69, 9.17) is 0 Å². The van der Waals surface area contributed by atoms with E-state index in [1.54, 1.807) is 12.4 Å².